The number of nitrogens with zero attached hydrogens (tertiary/aromatic N) is 1. The maximum Gasteiger partial charge on any atom is 0.489 e. The van der Waals surface area contributed by atoms with Gasteiger partial charge in [0.25, 0.3) is 0 Å². The van der Waals surface area contributed by atoms with Gasteiger partial charge in [0, 0.05) is 27.9 Å². The fourth-order valence-electron chi connectivity index (χ4n) is 1.09. The Kier molecular flexibility index (Phi) is 1.84. The summed E-state index contributed by atoms with van der Waals surface area (Å²) in [5, 5.41) is 20.4. The zero-order valence-electron chi connectivity index (χ0n) is 6.14. The van der Waals surface area contributed by atoms with Crippen LogP contribution in [0, 0.1) is 0 Å². The van der Waals surface area contributed by atoms with E-state index in [1.807, 2.05) is 6.07 Å². The molecule has 0 fully saturated rings. The monoisotopic (exact) mass is 179 g/mol. The van der Waals surface area contributed by atoms with E-state index >= 15 is 0 Å². The number of fused-ring (bicyclic) bond motifs is 1. The lowest BCUT2D eigenvalue weighted by Gasteiger charge is -1.94. The second-order valence-corrected chi connectivity index (χ2v) is 3.35. The van der Waals surface area contributed by atoms with Gasteiger partial charge in [-0.2, -0.15) is 0 Å². The molecule has 0 atom stereocenters. The Labute approximate surface area is 73.5 Å². The van der Waals surface area contributed by atoms with Gasteiger partial charge in [0.05, 0.1) is 0 Å². The van der Waals surface area contributed by atoms with Crippen molar-refractivity contribution in [2.24, 2.45) is 0 Å². The number of thiophene rings is 1. The van der Waals surface area contributed by atoms with Gasteiger partial charge in [-0.1, -0.05) is 0 Å². The molecule has 0 radical (unpaired) electrons. The van der Waals surface area contributed by atoms with Gasteiger partial charge in [0.15, 0.2) is 0 Å². The second-order valence-electron chi connectivity index (χ2n) is 2.44. The van der Waals surface area contributed by atoms with Crippen LogP contribution in [-0.4, -0.2) is 22.2 Å². The molecule has 0 saturated carbocycles. The Morgan fingerprint density at radius 3 is 3.00 bits per heavy atom. The van der Waals surface area contributed by atoms with Crippen LogP contribution in [0.4, 0.5) is 0 Å². The molecule has 3 nitrogen and oxygen atoms in total. The predicted molar refractivity (Wildman–Crippen MR) is 49.4 cm³/mol. The third kappa shape index (κ3) is 1.12. The minimum Gasteiger partial charge on any atom is -0.423 e. The molecule has 0 saturated heterocycles. The van der Waals surface area contributed by atoms with E-state index in [2.05, 4.69) is 4.98 Å². The molecule has 2 aromatic heterocycles. The summed E-state index contributed by atoms with van der Waals surface area (Å²) in [4.78, 5) is 3.91. The van der Waals surface area contributed by atoms with Crippen molar-refractivity contribution in [3.05, 3.63) is 23.8 Å². The maximum absolute atomic E-state index is 8.95. The van der Waals surface area contributed by atoms with Crippen LogP contribution in [0.5, 0.6) is 0 Å². The van der Waals surface area contributed by atoms with Gasteiger partial charge in [0.1, 0.15) is 0 Å². The molecule has 0 aliphatic rings. The van der Waals surface area contributed by atoms with Crippen LogP contribution in [0.3, 0.4) is 0 Å². The lowest BCUT2D eigenvalue weighted by molar-refractivity contribution is 0.426. The first-order valence-corrected chi connectivity index (χ1v) is 4.34. The average Bonchev–Trinajstić information content (AvgIpc) is 2.47. The van der Waals surface area contributed by atoms with E-state index in [0.717, 1.165) is 10.1 Å². The number of pyridine rings is 1. The van der Waals surface area contributed by atoms with Crippen LogP contribution in [-0.2, 0) is 0 Å². The minimum atomic E-state index is -1.40. The van der Waals surface area contributed by atoms with Crippen LogP contribution in [0.25, 0.3) is 10.1 Å². The van der Waals surface area contributed by atoms with Crippen LogP contribution >= 0.6 is 11.3 Å². The molecule has 5 heteroatoms. The van der Waals surface area contributed by atoms with Crippen molar-refractivity contribution in [3.8, 4) is 0 Å². The fraction of sp³-hybridized carbons (Fsp3) is 0. The summed E-state index contributed by atoms with van der Waals surface area (Å²) in [7, 11) is -1.40. The number of hydrogen-bond acceptors (Lipinski definition) is 4. The number of aromatic nitrogens is 1. The topological polar surface area (TPSA) is 53.4 Å². The Morgan fingerprint density at radius 2 is 2.25 bits per heavy atom. The molecule has 2 rings (SSSR count). The molecule has 0 spiro atoms. The SMILES string of the molecule is OB(O)c1csc2ccncc12. The van der Waals surface area contributed by atoms with E-state index in [4.69, 9.17) is 10.0 Å². The molecule has 12 heavy (non-hydrogen) atoms. The average molecular weight is 179 g/mol. The molecule has 0 aromatic carbocycles. The lowest BCUT2D eigenvalue weighted by Crippen LogP contribution is -2.28. The van der Waals surface area contributed by atoms with E-state index in [1.165, 1.54) is 11.3 Å². The van der Waals surface area contributed by atoms with Crippen LogP contribution in [0.15, 0.2) is 23.8 Å². The Bertz CT molecular complexity index is 401. The third-order valence-electron chi connectivity index (χ3n) is 1.68. The van der Waals surface area contributed by atoms with Gasteiger partial charge in [-0.25, -0.2) is 0 Å². The van der Waals surface area contributed by atoms with Gasteiger partial charge in [-0.05, 0) is 11.4 Å². The molecule has 0 unspecified atom stereocenters. The smallest absolute Gasteiger partial charge is 0.423 e. The molecule has 0 bridgehead atoms. The zero-order valence-corrected chi connectivity index (χ0v) is 6.95. The zero-order chi connectivity index (χ0) is 8.55. The summed E-state index contributed by atoms with van der Waals surface area (Å²) in [5.74, 6) is 0. The van der Waals surface area contributed by atoms with Gasteiger partial charge in [-0.15, -0.1) is 11.3 Å². The van der Waals surface area contributed by atoms with E-state index < -0.39 is 7.12 Å². The van der Waals surface area contributed by atoms with Gasteiger partial charge in [0.2, 0.25) is 0 Å². The molecule has 2 N–H and O–H groups in total. The summed E-state index contributed by atoms with van der Waals surface area (Å²) in [6.07, 6.45) is 3.33. The quantitative estimate of drug-likeness (QED) is 0.604. The largest absolute Gasteiger partial charge is 0.489 e. The maximum atomic E-state index is 8.95. The highest BCUT2D eigenvalue weighted by Gasteiger charge is 2.15. The lowest BCUT2D eigenvalue weighted by atomic mass is 9.81. The molecule has 2 aromatic rings. The summed E-state index contributed by atoms with van der Waals surface area (Å²) in [5.41, 5.74) is 0.531. The summed E-state index contributed by atoms with van der Waals surface area (Å²) >= 11 is 1.48. The number of hydrogen-bond donors (Lipinski definition) is 2. The molecule has 0 amide bonds. The van der Waals surface area contributed by atoms with E-state index in [1.54, 1.807) is 17.8 Å². The molecule has 2 heterocycles. The first kappa shape index (κ1) is 7.73. The van der Waals surface area contributed by atoms with Gasteiger partial charge in [-0.3, -0.25) is 4.98 Å². The van der Waals surface area contributed by atoms with Crippen molar-refractivity contribution in [1.29, 1.82) is 0 Å². The first-order chi connectivity index (χ1) is 5.79. The fourth-order valence-corrected chi connectivity index (χ4v) is 2.03. The molecule has 60 valence electrons. The summed E-state index contributed by atoms with van der Waals surface area (Å²) in [6.45, 7) is 0. The normalized spacial score (nSPS) is 10.5. The van der Waals surface area contributed by atoms with Crippen molar-refractivity contribution in [3.63, 3.8) is 0 Å². The minimum absolute atomic E-state index is 0.531. The van der Waals surface area contributed by atoms with E-state index in [-0.39, 0.29) is 0 Å². The van der Waals surface area contributed by atoms with Crippen molar-refractivity contribution in [1.82, 2.24) is 4.98 Å². The van der Waals surface area contributed by atoms with Crippen molar-refractivity contribution in [2.75, 3.05) is 0 Å². The predicted octanol–water partition coefficient (Wildman–Crippen LogP) is -0.0239. The van der Waals surface area contributed by atoms with E-state index in [0.29, 0.717) is 5.46 Å². The van der Waals surface area contributed by atoms with Crippen molar-refractivity contribution < 1.29 is 10.0 Å². The molecule has 0 aliphatic carbocycles. The Hall–Kier alpha value is -0.905. The standard InChI is InChI=1S/C7H6BNO2S/c10-8(11)6-4-12-7-1-2-9-3-5(6)7/h1-4,10-11H. The van der Waals surface area contributed by atoms with Crippen molar-refractivity contribution >= 4 is 34.0 Å². The summed E-state index contributed by atoms with van der Waals surface area (Å²) < 4.78 is 1.02. The van der Waals surface area contributed by atoms with Crippen molar-refractivity contribution in [2.45, 2.75) is 0 Å². The Balaban J connectivity index is 2.70. The van der Waals surface area contributed by atoms with Crippen LogP contribution < -0.4 is 5.46 Å². The van der Waals surface area contributed by atoms with Crippen LogP contribution in [0.2, 0.25) is 0 Å². The number of rotatable bonds is 1. The highest BCUT2D eigenvalue weighted by Crippen LogP contribution is 2.16. The first-order valence-electron chi connectivity index (χ1n) is 3.46. The Morgan fingerprint density at radius 1 is 1.42 bits per heavy atom. The molecular weight excluding hydrogens is 173 g/mol. The highest BCUT2D eigenvalue weighted by atomic mass is 32.1. The van der Waals surface area contributed by atoms with Crippen LogP contribution in [0.1, 0.15) is 0 Å². The molecule has 0 aliphatic heterocycles. The molecular formula is C7H6BNO2S. The third-order valence-corrected chi connectivity index (χ3v) is 2.66. The second kappa shape index (κ2) is 2.86. The highest BCUT2D eigenvalue weighted by molar-refractivity contribution is 7.18. The summed E-state index contributed by atoms with van der Waals surface area (Å²) in [6, 6.07) is 1.85. The van der Waals surface area contributed by atoms with E-state index in [9.17, 15) is 0 Å². The van der Waals surface area contributed by atoms with Gasteiger partial charge >= 0.3 is 7.12 Å². The van der Waals surface area contributed by atoms with Gasteiger partial charge < -0.3 is 10.0 Å².